The van der Waals surface area contributed by atoms with Gasteiger partial charge in [-0.05, 0) is 50.6 Å². The molecule has 1 aromatic heterocycles. The van der Waals surface area contributed by atoms with Crippen LogP contribution in [0.3, 0.4) is 0 Å². The van der Waals surface area contributed by atoms with E-state index in [0.717, 1.165) is 54.2 Å². The van der Waals surface area contributed by atoms with Gasteiger partial charge in [-0.2, -0.15) is 0 Å². The van der Waals surface area contributed by atoms with Crippen LogP contribution in [0.25, 0.3) is 10.6 Å². The second-order valence-electron chi connectivity index (χ2n) is 5.37. The molecule has 0 bridgehead atoms. The molecule has 0 radical (unpaired) electrons. The Morgan fingerprint density at radius 2 is 1.87 bits per heavy atom. The average molecular weight is 354 g/mol. The highest BCUT2D eigenvalue weighted by Crippen LogP contribution is 2.24. The molecule has 1 aromatic carbocycles. The summed E-state index contributed by atoms with van der Waals surface area (Å²) in [5.74, 6) is 0.0746. The molecular weight excluding hydrogens is 330 g/mol. The molecule has 3 N–H and O–H groups in total. The van der Waals surface area contributed by atoms with Gasteiger partial charge in [0, 0.05) is 28.7 Å². The van der Waals surface area contributed by atoms with Crippen LogP contribution in [-0.4, -0.2) is 17.4 Å². The van der Waals surface area contributed by atoms with Crippen LogP contribution in [0.2, 0.25) is 0 Å². The Balaban J connectivity index is 0.00000264. The van der Waals surface area contributed by atoms with Gasteiger partial charge in [0.2, 0.25) is 5.91 Å². The predicted octanol–water partition coefficient (Wildman–Crippen LogP) is 4.39. The maximum absolute atomic E-state index is 11.9. The second kappa shape index (κ2) is 10.4. The molecular formula is C17H24ClN3OS. The van der Waals surface area contributed by atoms with Gasteiger partial charge in [0.1, 0.15) is 5.01 Å². The zero-order valence-corrected chi connectivity index (χ0v) is 15.0. The van der Waals surface area contributed by atoms with Crippen LogP contribution in [0.1, 0.15) is 37.8 Å². The predicted molar refractivity (Wildman–Crippen MR) is 100 cm³/mol. The lowest BCUT2D eigenvalue weighted by Crippen LogP contribution is -2.11. The van der Waals surface area contributed by atoms with Gasteiger partial charge in [-0.25, -0.2) is 4.98 Å². The van der Waals surface area contributed by atoms with Crippen LogP contribution in [0, 0.1) is 6.92 Å². The molecule has 0 aliphatic rings. The normalized spacial score (nSPS) is 10.2. The third-order valence-electron chi connectivity index (χ3n) is 3.39. The lowest BCUT2D eigenvalue weighted by Gasteiger charge is -2.06. The number of carbonyl (C=O) groups is 1. The van der Waals surface area contributed by atoms with Crippen molar-refractivity contribution in [3.63, 3.8) is 0 Å². The zero-order valence-electron chi connectivity index (χ0n) is 13.4. The number of unbranched alkanes of at least 4 members (excludes halogenated alkanes) is 3. The van der Waals surface area contributed by atoms with Crippen LogP contribution in [0.4, 0.5) is 5.69 Å². The van der Waals surface area contributed by atoms with Gasteiger partial charge in [0.25, 0.3) is 0 Å². The molecule has 0 spiro atoms. The molecule has 0 aliphatic carbocycles. The number of thiazole rings is 1. The molecule has 1 heterocycles. The van der Waals surface area contributed by atoms with Gasteiger partial charge in [-0.3, -0.25) is 4.79 Å². The van der Waals surface area contributed by atoms with Gasteiger partial charge in [-0.1, -0.05) is 12.8 Å². The van der Waals surface area contributed by atoms with Crippen molar-refractivity contribution in [3.05, 3.63) is 35.3 Å². The van der Waals surface area contributed by atoms with Crippen molar-refractivity contribution in [3.8, 4) is 10.6 Å². The number of hydrogen-bond acceptors (Lipinski definition) is 4. The number of benzene rings is 1. The largest absolute Gasteiger partial charge is 0.330 e. The Kier molecular flexibility index (Phi) is 8.84. The summed E-state index contributed by atoms with van der Waals surface area (Å²) >= 11 is 1.63. The standard InChI is InChI=1S/C17H23N3OS.ClH/c1-13-12-22-17(19-13)14-7-9-15(10-8-14)20-16(21)6-4-2-3-5-11-18;/h7-10,12H,2-6,11,18H2,1H3,(H,20,21);1H. The Bertz CT molecular complexity index is 598. The molecule has 0 unspecified atom stereocenters. The molecule has 0 fully saturated rings. The molecule has 23 heavy (non-hydrogen) atoms. The lowest BCUT2D eigenvalue weighted by molar-refractivity contribution is -0.116. The average Bonchev–Trinajstić information content (AvgIpc) is 2.94. The topological polar surface area (TPSA) is 68.0 Å². The quantitative estimate of drug-likeness (QED) is 0.691. The van der Waals surface area contributed by atoms with Crippen molar-refractivity contribution in [1.29, 1.82) is 0 Å². The van der Waals surface area contributed by atoms with Crippen molar-refractivity contribution >= 4 is 35.3 Å². The molecule has 6 heteroatoms. The van der Waals surface area contributed by atoms with Crippen LogP contribution < -0.4 is 11.1 Å². The smallest absolute Gasteiger partial charge is 0.224 e. The number of amides is 1. The van der Waals surface area contributed by atoms with Crippen molar-refractivity contribution in [1.82, 2.24) is 4.98 Å². The summed E-state index contributed by atoms with van der Waals surface area (Å²) < 4.78 is 0. The van der Waals surface area contributed by atoms with E-state index in [1.54, 1.807) is 11.3 Å². The second-order valence-corrected chi connectivity index (χ2v) is 6.23. The molecule has 0 aliphatic heterocycles. The molecule has 0 saturated carbocycles. The summed E-state index contributed by atoms with van der Waals surface area (Å²) in [6, 6.07) is 7.85. The molecule has 2 rings (SSSR count). The van der Waals surface area contributed by atoms with Gasteiger partial charge < -0.3 is 11.1 Å². The summed E-state index contributed by atoms with van der Waals surface area (Å²) in [5.41, 5.74) is 8.40. The summed E-state index contributed by atoms with van der Waals surface area (Å²) in [6.07, 6.45) is 4.69. The number of rotatable bonds is 8. The molecule has 0 atom stereocenters. The number of halogens is 1. The fourth-order valence-corrected chi connectivity index (χ4v) is 2.99. The van der Waals surface area contributed by atoms with Gasteiger partial charge in [0.15, 0.2) is 0 Å². The highest BCUT2D eigenvalue weighted by atomic mass is 35.5. The number of hydrogen-bond donors (Lipinski definition) is 2. The lowest BCUT2D eigenvalue weighted by atomic mass is 10.1. The van der Waals surface area contributed by atoms with Gasteiger partial charge in [-0.15, -0.1) is 23.7 Å². The molecule has 2 aromatic rings. The first-order valence-electron chi connectivity index (χ1n) is 7.71. The minimum atomic E-state index is 0. The number of nitrogens with two attached hydrogens (primary N) is 1. The van der Waals surface area contributed by atoms with E-state index in [9.17, 15) is 4.79 Å². The SMILES string of the molecule is Cc1csc(-c2ccc(NC(=O)CCCCCCN)cc2)n1.Cl. The fraction of sp³-hybridized carbons (Fsp3) is 0.412. The maximum atomic E-state index is 11.9. The maximum Gasteiger partial charge on any atom is 0.224 e. The van der Waals surface area contributed by atoms with E-state index in [4.69, 9.17) is 5.73 Å². The number of nitrogens with zero attached hydrogens (tertiary/aromatic N) is 1. The monoisotopic (exact) mass is 353 g/mol. The fourth-order valence-electron chi connectivity index (χ4n) is 2.19. The van der Waals surface area contributed by atoms with Gasteiger partial charge in [0.05, 0.1) is 0 Å². The minimum absolute atomic E-state index is 0. The summed E-state index contributed by atoms with van der Waals surface area (Å²) in [4.78, 5) is 16.3. The highest BCUT2D eigenvalue weighted by Gasteiger charge is 2.05. The third kappa shape index (κ3) is 6.69. The van der Waals surface area contributed by atoms with Crippen molar-refractivity contribution < 1.29 is 4.79 Å². The first kappa shape index (κ1) is 19.6. The third-order valence-corrected chi connectivity index (χ3v) is 4.40. The van der Waals surface area contributed by atoms with Crippen molar-refractivity contribution in [2.24, 2.45) is 5.73 Å². The number of nitrogens with one attached hydrogen (secondary N) is 1. The highest BCUT2D eigenvalue weighted by molar-refractivity contribution is 7.13. The number of anilines is 1. The summed E-state index contributed by atoms with van der Waals surface area (Å²) in [6.45, 7) is 2.72. The number of carbonyl (C=O) groups excluding carboxylic acids is 1. The minimum Gasteiger partial charge on any atom is -0.330 e. The van der Waals surface area contributed by atoms with Crippen LogP contribution >= 0.6 is 23.7 Å². The van der Waals surface area contributed by atoms with E-state index in [-0.39, 0.29) is 18.3 Å². The Morgan fingerprint density at radius 1 is 1.17 bits per heavy atom. The molecule has 4 nitrogen and oxygen atoms in total. The van der Waals surface area contributed by atoms with E-state index in [0.29, 0.717) is 6.42 Å². The summed E-state index contributed by atoms with van der Waals surface area (Å²) in [5, 5.41) is 5.98. The van der Waals surface area contributed by atoms with Gasteiger partial charge >= 0.3 is 0 Å². The van der Waals surface area contributed by atoms with Crippen LogP contribution in [-0.2, 0) is 4.79 Å². The van der Waals surface area contributed by atoms with Crippen molar-refractivity contribution in [2.45, 2.75) is 39.0 Å². The Hall–Kier alpha value is -1.43. The Morgan fingerprint density at radius 3 is 2.48 bits per heavy atom. The Labute approximate surface area is 147 Å². The summed E-state index contributed by atoms with van der Waals surface area (Å²) in [7, 11) is 0. The van der Waals surface area contributed by atoms with Crippen LogP contribution in [0.15, 0.2) is 29.6 Å². The molecule has 0 saturated heterocycles. The number of aromatic nitrogens is 1. The van der Waals surface area contributed by atoms with E-state index in [1.165, 1.54) is 0 Å². The number of aryl methyl sites for hydroxylation is 1. The molecule has 126 valence electrons. The first-order chi connectivity index (χ1) is 10.7. The molecule has 1 amide bonds. The van der Waals surface area contributed by atoms with Crippen molar-refractivity contribution in [2.75, 3.05) is 11.9 Å². The first-order valence-corrected chi connectivity index (χ1v) is 8.59. The van der Waals surface area contributed by atoms with E-state index in [1.807, 2.05) is 36.6 Å². The van der Waals surface area contributed by atoms with E-state index < -0.39 is 0 Å². The van der Waals surface area contributed by atoms with Crippen LogP contribution in [0.5, 0.6) is 0 Å². The zero-order chi connectivity index (χ0) is 15.8. The van der Waals surface area contributed by atoms with E-state index >= 15 is 0 Å². The van der Waals surface area contributed by atoms with E-state index in [2.05, 4.69) is 10.3 Å².